The van der Waals surface area contributed by atoms with Crippen molar-refractivity contribution in [3.63, 3.8) is 0 Å². The Morgan fingerprint density at radius 3 is 2.84 bits per heavy atom. The van der Waals surface area contributed by atoms with Crippen LogP contribution >= 0.6 is 0 Å². The summed E-state index contributed by atoms with van der Waals surface area (Å²) in [5.74, 6) is 1.38. The van der Waals surface area contributed by atoms with Crippen molar-refractivity contribution in [2.75, 3.05) is 13.1 Å². The van der Waals surface area contributed by atoms with Crippen molar-refractivity contribution >= 4 is 5.91 Å². The quantitative estimate of drug-likeness (QED) is 0.647. The van der Waals surface area contributed by atoms with Crippen molar-refractivity contribution in [2.24, 2.45) is 5.92 Å². The number of carbonyl (C=O) groups excluding carboxylic acids is 1. The first-order chi connectivity index (χ1) is 15.7. The maximum Gasteiger partial charge on any atom is 0.241 e. The normalized spacial score (nSPS) is 21.2. The predicted octanol–water partition coefficient (Wildman–Crippen LogP) is 4.45. The molecule has 1 aliphatic heterocycles. The van der Waals surface area contributed by atoms with Gasteiger partial charge in [-0.15, -0.1) is 0 Å². The Balaban J connectivity index is 1.20. The lowest BCUT2D eigenvalue weighted by atomic mass is 9.87. The van der Waals surface area contributed by atoms with Crippen LogP contribution in [0.3, 0.4) is 0 Å². The van der Waals surface area contributed by atoms with Gasteiger partial charge in [-0.3, -0.25) is 9.69 Å². The molecule has 1 aliphatic carbocycles. The van der Waals surface area contributed by atoms with E-state index in [1.807, 2.05) is 24.3 Å². The Hall–Kier alpha value is -2.99. The van der Waals surface area contributed by atoms with E-state index in [9.17, 15) is 4.79 Å². The zero-order valence-electron chi connectivity index (χ0n) is 18.6. The van der Waals surface area contributed by atoms with Gasteiger partial charge >= 0.3 is 0 Å². The molecule has 1 saturated heterocycles. The van der Waals surface area contributed by atoms with Gasteiger partial charge in [-0.25, -0.2) is 0 Å². The molecule has 1 N–H and O–H groups in total. The summed E-state index contributed by atoms with van der Waals surface area (Å²) in [7, 11) is 0. The van der Waals surface area contributed by atoms with E-state index in [1.54, 1.807) is 0 Å². The Kier molecular flexibility index (Phi) is 6.04. The molecule has 2 atom stereocenters. The van der Waals surface area contributed by atoms with Crippen LogP contribution in [0.25, 0.3) is 11.4 Å². The van der Waals surface area contributed by atoms with Crippen molar-refractivity contribution in [1.29, 1.82) is 0 Å². The van der Waals surface area contributed by atoms with Gasteiger partial charge in [0.2, 0.25) is 17.6 Å². The molecule has 2 heterocycles. The fourth-order valence-electron chi connectivity index (χ4n) is 4.94. The van der Waals surface area contributed by atoms with E-state index in [-0.39, 0.29) is 17.9 Å². The molecule has 2 aliphatic rings. The number of benzene rings is 2. The van der Waals surface area contributed by atoms with Gasteiger partial charge in [-0.1, -0.05) is 59.3 Å². The molecular formula is C26H30N4O2. The SMILES string of the molecule is Cc1ccc(-c2noc(CN3CCCC(C(=O)NC4CCCc5ccccc54)C3)n2)cc1. The number of likely N-dealkylation sites (tertiary alicyclic amines) is 1. The first kappa shape index (κ1) is 20.9. The second kappa shape index (κ2) is 9.25. The maximum atomic E-state index is 13.1. The van der Waals surface area contributed by atoms with Crippen LogP contribution < -0.4 is 5.32 Å². The number of amides is 1. The van der Waals surface area contributed by atoms with Crippen molar-refractivity contribution in [2.45, 2.75) is 51.6 Å². The number of piperidine rings is 1. The average Bonchev–Trinajstić information content (AvgIpc) is 3.28. The minimum Gasteiger partial charge on any atom is -0.349 e. The molecule has 0 spiro atoms. The van der Waals surface area contributed by atoms with Gasteiger partial charge in [-0.2, -0.15) is 4.98 Å². The molecule has 6 heteroatoms. The lowest BCUT2D eigenvalue weighted by molar-refractivity contribution is -0.127. The van der Waals surface area contributed by atoms with E-state index in [2.05, 4.69) is 51.5 Å². The highest BCUT2D eigenvalue weighted by Crippen LogP contribution is 2.30. The van der Waals surface area contributed by atoms with Crippen LogP contribution in [-0.2, 0) is 17.8 Å². The Morgan fingerprint density at radius 1 is 1.12 bits per heavy atom. The summed E-state index contributed by atoms with van der Waals surface area (Å²) < 4.78 is 5.51. The summed E-state index contributed by atoms with van der Waals surface area (Å²) >= 11 is 0. The largest absolute Gasteiger partial charge is 0.349 e. The summed E-state index contributed by atoms with van der Waals surface area (Å²) in [6, 6.07) is 16.7. The number of aromatic nitrogens is 2. The molecule has 1 amide bonds. The second-order valence-electron chi connectivity index (χ2n) is 9.10. The zero-order valence-corrected chi connectivity index (χ0v) is 18.6. The summed E-state index contributed by atoms with van der Waals surface area (Å²) in [5.41, 5.74) is 4.81. The molecular weight excluding hydrogens is 400 g/mol. The Morgan fingerprint density at radius 2 is 1.97 bits per heavy atom. The highest BCUT2D eigenvalue weighted by Gasteiger charge is 2.29. The summed E-state index contributed by atoms with van der Waals surface area (Å²) in [4.78, 5) is 19.9. The molecule has 0 radical (unpaired) electrons. The molecule has 3 aromatic rings. The smallest absolute Gasteiger partial charge is 0.241 e. The molecule has 2 unspecified atom stereocenters. The topological polar surface area (TPSA) is 71.3 Å². The standard InChI is InChI=1S/C26H30N4O2/c1-18-11-13-20(14-12-18)25-28-24(32-29-25)17-30-15-5-8-21(16-30)26(31)27-23-10-4-7-19-6-2-3-9-22(19)23/h2-3,6,9,11-14,21,23H,4-5,7-8,10,15-17H2,1H3,(H,27,31). The molecule has 5 rings (SSSR count). The molecule has 32 heavy (non-hydrogen) atoms. The fourth-order valence-corrected chi connectivity index (χ4v) is 4.94. The number of fused-ring (bicyclic) bond motifs is 1. The summed E-state index contributed by atoms with van der Waals surface area (Å²) in [6.45, 7) is 4.30. The first-order valence-corrected chi connectivity index (χ1v) is 11.7. The third kappa shape index (κ3) is 4.60. The van der Waals surface area contributed by atoms with Gasteiger partial charge in [0.25, 0.3) is 0 Å². The van der Waals surface area contributed by atoms with Crippen LogP contribution in [-0.4, -0.2) is 34.0 Å². The van der Waals surface area contributed by atoms with Crippen LogP contribution in [0.15, 0.2) is 53.1 Å². The number of carbonyl (C=O) groups is 1. The van der Waals surface area contributed by atoms with Gasteiger partial charge in [0.05, 0.1) is 18.5 Å². The number of nitrogens with zero attached hydrogens (tertiary/aromatic N) is 3. The van der Waals surface area contributed by atoms with Crippen LogP contribution in [0.2, 0.25) is 0 Å². The van der Waals surface area contributed by atoms with Gasteiger partial charge < -0.3 is 9.84 Å². The Labute approximate surface area is 189 Å². The first-order valence-electron chi connectivity index (χ1n) is 11.7. The van der Waals surface area contributed by atoms with E-state index < -0.39 is 0 Å². The maximum absolute atomic E-state index is 13.1. The van der Waals surface area contributed by atoms with E-state index >= 15 is 0 Å². The number of hydrogen-bond acceptors (Lipinski definition) is 5. The highest BCUT2D eigenvalue weighted by molar-refractivity contribution is 5.79. The van der Waals surface area contributed by atoms with E-state index in [4.69, 9.17) is 4.52 Å². The molecule has 1 aromatic heterocycles. The zero-order chi connectivity index (χ0) is 21.9. The molecule has 0 bridgehead atoms. The summed E-state index contributed by atoms with van der Waals surface area (Å²) in [5, 5.41) is 7.48. The third-order valence-corrected chi connectivity index (χ3v) is 6.70. The fraction of sp³-hybridized carbons (Fsp3) is 0.423. The minimum atomic E-state index is -0.00247. The molecule has 0 saturated carbocycles. The van der Waals surface area contributed by atoms with E-state index in [0.717, 1.165) is 50.8 Å². The predicted molar refractivity (Wildman–Crippen MR) is 123 cm³/mol. The lowest BCUT2D eigenvalue weighted by Crippen LogP contribution is -2.44. The van der Waals surface area contributed by atoms with Gasteiger partial charge in [0.15, 0.2) is 0 Å². The lowest BCUT2D eigenvalue weighted by Gasteiger charge is -2.33. The second-order valence-corrected chi connectivity index (χ2v) is 9.10. The van der Waals surface area contributed by atoms with Crippen LogP contribution in [0.5, 0.6) is 0 Å². The monoisotopic (exact) mass is 430 g/mol. The van der Waals surface area contributed by atoms with Crippen molar-refractivity contribution in [1.82, 2.24) is 20.4 Å². The van der Waals surface area contributed by atoms with E-state index in [1.165, 1.54) is 16.7 Å². The number of nitrogens with one attached hydrogen (secondary N) is 1. The minimum absolute atomic E-state index is 0.00247. The van der Waals surface area contributed by atoms with Crippen LogP contribution in [0, 0.1) is 12.8 Å². The van der Waals surface area contributed by atoms with Crippen LogP contribution in [0.4, 0.5) is 0 Å². The molecule has 6 nitrogen and oxygen atoms in total. The van der Waals surface area contributed by atoms with Gasteiger partial charge in [0, 0.05) is 12.1 Å². The Bertz CT molecular complexity index is 1080. The van der Waals surface area contributed by atoms with Crippen molar-refractivity contribution in [3.05, 3.63) is 71.1 Å². The molecule has 2 aromatic carbocycles. The number of aryl methyl sites for hydroxylation is 2. The van der Waals surface area contributed by atoms with Crippen LogP contribution in [0.1, 0.15) is 54.3 Å². The number of hydrogen-bond donors (Lipinski definition) is 1. The molecule has 166 valence electrons. The average molecular weight is 431 g/mol. The molecule has 1 fully saturated rings. The highest BCUT2D eigenvalue weighted by atomic mass is 16.5. The van der Waals surface area contributed by atoms with Gasteiger partial charge in [0.1, 0.15) is 0 Å². The van der Waals surface area contributed by atoms with E-state index in [0.29, 0.717) is 18.3 Å². The third-order valence-electron chi connectivity index (χ3n) is 6.70. The number of rotatable bonds is 5. The van der Waals surface area contributed by atoms with Crippen molar-refractivity contribution in [3.8, 4) is 11.4 Å². The van der Waals surface area contributed by atoms with Crippen molar-refractivity contribution < 1.29 is 9.32 Å². The summed E-state index contributed by atoms with van der Waals surface area (Å²) in [6.07, 6.45) is 5.17. The van der Waals surface area contributed by atoms with Gasteiger partial charge in [-0.05, 0) is 56.7 Å².